The van der Waals surface area contributed by atoms with Gasteiger partial charge in [-0.05, 0) is 88.6 Å². The molecule has 0 spiro atoms. The van der Waals surface area contributed by atoms with Crippen LogP contribution < -0.4 is 16.0 Å². The van der Waals surface area contributed by atoms with Crippen LogP contribution in [0.25, 0.3) is 0 Å². The number of amides is 1. The molecule has 3 rings (SSSR count). The molecule has 208 valence electrons. The Morgan fingerprint density at radius 3 is 1.87 bits per heavy atom. The van der Waals surface area contributed by atoms with Crippen LogP contribution in [0.2, 0.25) is 0 Å². The summed E-state index contributed by atoms with van der Waals surface area (Å²) in [7, 11) is 0. The van der Waals surface area contributed by atoms with Crippen LogP contribution >= 0.6 is 0 Å². The number of anilines is 4. The third-order valence-corrected chi connectivity index (χ3v) is 6.01. The quantitative estimate of drug-likeness (QED) is 0.224. The minimum atomic E-state index is -0.319. The zero-order chi connectivity index (χ0) is 28.4. The van der Waals surface area contributed by atoms with Gasteiger partial charge in [0.05, 0.1) is 12.2 Å². The van der Waals surface area contributed by atoms with Crippen LogP contribution in [0.15, 0.2) is 48.5 Å². The molecule has 2 aromatic carbocycles. The summed E-state index contributed by atoms with van der Waals surface area (Å²) in [5.74, 6) is 1.21. The molecule has 0 saturated heterocycles. The molecule has 1 unspecified atom stereocenters. The molecule has 0 fully saturated rings. The lowest BCUT2D eigenvalue weighted by Gasteiger charge is -2.20. The lowest BCUT2D eigenvalue weighted by atomic mass is 10.0. The van der Waals surface area contributed by atoms with Gasteiger partial charge in [0.2, 0.25) is 11.9 Å². The molecule has 3 N–H and O–H groups in total. The van der Waals surface area contributed by atoms with Crippen LogP contribution in [-0.4, -0.2) is 39.0 Å². The van der Waals surface area contributed by atoms with Crippen LogP contribution in [0.4, 0.5) is 23.3 Å². The molecule has 0 bridgehead atoms. The Morgan fingerprint density at radius 2 is 1.38 bits per heavy atom. The van der Waals surface area contributed by atoms with E-state index in [1.165, 1.54) is 0 Å². The van der Waals surface area contributed by atoms with Crippen molar-refractivity contribution in [3.63, 3.8) is 0 Å². The van der Waals surface area contributed by atoms with E-state index < -0.39 is 0 Å². The number of hydrogen-bond donors (Lipinski definition) is 3. The number of carbonyl (C=O) groups excluding carboxylic acids is 2. The largest absolute Gasteiger partial charge is 0.462 e. The van der Waals surface area contributed by atoms with Gasteiger partial charge in [-0.1, -0.05) is 33.1 Å². The van der Waals surface area contributed by atoms with Crippen molar-refractivity contribution in [2.24, 2.45) is 5.92 Å². The van der Waals surface area contributed by atoms with Gasteiger partial charge in [0.1, 0.15) is 5.82 Å². The molecule has 0 saturated carbocycles. The fourth-order valence-corrected chi connectivity index (χ4v) is 3.83. The van der Waals surface area contributed by atoms with Gasteiger partial charge in [0.15, 0.2) is 0 Å². The van der Waals surface area contributed by atoms with E-state index in [1.54, 1.807) is 55.5 Å². The topological polar surface area (TPSA) is 118 Å². The summed E-state index contributed by atoms with van der Waals surface area (Å²) in [6.07, 6.45) is 4.36. The zero-order valence-corrected chi connectivity index (χ0v) is 23.8. The Bertz CT molecular complexity index is 1240. The summed E-state index contributed by atoms with van der Waals surface area (Å²) in [6.45, 7) is 12.3. The van der Waals surface area contributed by atoms with Crippen LogP contribution in [-0.2, 0) is 4.74 Å². The summed E-state index contributed by atoms with van der Waals surface area (Å²) >= 11 is 0. The van der Waals surface area contributed by atoms with Crippen molar-refractivity contribution in [2.75, 3.05) is 17.2 Å². The van der Waals surface area contributed by atoms with Crippen molar-refractivity contribution in [1.82, 2.24) is 20.3 Å². The first-order chi connectivity index (χ1) is 18.6. The zero-order valence-electron chi connectivity index (χ0n) is 23.8. The predicted octanol–water partition coefficient (Wildman–Crippen LogP) is 6.57. The van der Waals surface area contributed by atoms with Crippen molar-refractivity contribution in [2.45, 2.75) is 72.8 Å². The monoisotopic (exact) mass is 532 g/mol. The summed E-state index contributed by atoms with van der Waals surface area (Å²) < 4.78 is 5.54. The lowest BCUT2D eigenvalue weighted by Crippen LogP contribution is -2.40. The molecular weight excluding hydrogens is 492 g/mol. The maximum Gasteiger partial charge on any atom is 0.338 e. The molecule has 1 atom stereocenters. The smallest absolute Gasteiger partial charge is 0.338 e. The van der Waals surface area contributed by atoms with E-state index in [0.717, 1.165) is 37.1 Å². The molecule has 0 aliphatic carbocycles. The van der Waals surface area contributed by atoms with Crippen LogP contribution in [0.1, 0.15) is 86.8 Å². The molecule has 0 aliphatic heterocycles. The number of carbonyl (C=O) groups is 2. The third kappa shape index (κ3) is 9.67. The highest BCUT2D eigenvalue weighted by Crippen LogP contribution is 2.19. The molecule has 9 heteroatoms. The summed E-state index contributed by atoms with van der Waals surface area (Å²) in [6, 6.07) is 14.1. The van der Waals surface area contributed by atoms with Gasteiger partial charge in [-0.3, -0.25) is 4.79 Å². The number of hydrogen-bond acceptors (Lipinski definition) is 8. The number of unbranched alkanes of at least 4 members (excludes halogenated alkanes) is 1. The number of esters is 1. The van der Waals surface area contributed by atoms with Crippen molar-refractivity contribution >= 4 is 35.1 Å². The summed E-state index contributed by atoms with van der Waals surface area (Å²) in [5, 5.41) is 9.26. The minimum Gasteiger partial charge on any atom is -0.462 e. The first-order valence-corrected chi connectivity index (χ1v) is 13.5. The number of rotatable bonds is 12. The number of aromatic nitrogens is 3. The van der Waals surface area contributed by atoms with E-state index in [0.29, 0.717) is 41.4 Å². The van der Waals surface area contributed by atoms with Crippen molar-refractivity contribution in [3.8, 4) is 0 Å². The highest BCUT2D eigenvalue weighted by molar-refractivity contribution is 5.95. The standard InChI is InChI=1S/C30H40N6O3/c1-7-9-10-21(8-2)19-39-27(38)23-13-17-25(18-14-23)34-29-32-20(3)31-28(35-29)33-24-15-11-22(12-16-24)26(37)36-30(4,5)6/h11-18,21H,7-10,19H2,1-6H3,(H,36,37)(H2,31,32,33,34,35). The Balaban J connectivity index is 1.60. The average Bonchev–Trinajstić information content (AvgIpc) is 2.88. The van der Waals surface area contributed by atoms with E-state index in [4.69, 9.17) is 4.74 Å². The van der Waals surface area contributed by atoms with E-state index in [1.807, 2.05) is 20.8 Å². The normalized spacial score (nSPS) is 11.9. The van der Waals surface area contributed by atoms with Gasteiger partial charge in [0, 0.05) is 22.5 Å². The maximum absolute atomic E-state index is 12.5. The SMILES string of the molecule is CCCCC(CC)COC(=O)c1ccc(Nc2nc(C)nc(Nc3ccc(C(=O)NC(C)(C)C)cc3)n2)cc1. The first-order valence-electron chi connectivity index (χ1n) is 13.5. The molecule has 9 nitrogen and oxygen atoms in total. The maximum atomic E-state index is 12.5. The number of aryl methyl sites for hydroxylation is 1. The second-order valence-electron chi connectivity index (χ2n) is 10.7. The molecule has 39 heavy (non-hydrogen) atoms. The third-order valence-electron chi connectivity index (χ3n) is 6.01. The second-order valence-corrected chi connectivity index (χ2v) is 10.7. The lowest BCUT2D eigenvalue weighted by molar-refractivity contribution is 0.0428. The van der Waals surface area contributed by atoms with E-state index in [9.17, 15) is 9.59 Å². The summed E-state index contributed by atoms with van der Waals surface area (Å²) in [5.41, 5.74) is 2.22. The Hall–Kier alpha value is -4.01. The summed E-state index contributed by atoms with van der Waals surface area (Å²) in [4.78, 5) is 38.0. The second kappa shape index (κ2) is 13.7. The van der Waals surface area contributed by atoms with Crippen LogP contribution in [0.3, 0.4) is 0 Å². The van der Waals surface area contributed by atoms with Crippen molar-refractivity contribution < 1.29 is 14.3 Å². The van der Waals surface area contributed by atoms with Gasteiger partial charge in [-0.2, -0.15) is 15.0 Å². The highest BCUT2D eigenvalue weighted by atomic mass is 16.5. The number of ether oxygens (including phenoxy) is 1. The van der Waals surface area contributed by atoms with Gasteiger partial charge in [-0.25, -0.2) is 4.79 Å². The van der Waals surface area contributed by atoms with Gasteiger partial charge in [0.25, 0.3) is 5.91 Å². The molecular formula is C30H40N6O3. The Kier molecular flexibility index (Phi) is 10.4. The number of nitrogens with zero attached hydrogens (tertiary/aromatic N) is 3. The molecule has 1 amide bonds. The molecule has 1 heterocycles. The molecule has 0 aliphatic rings. The molecule has 3 aromatic rings. The fraction of sp³-hybridized carbons (Fsp3) is 0.433. The molecule has 1 aromatic heterocycles. The highest BCUT2D eigenvalue weighted by Gasteiger charge is 2.15. The number of nitrogens with one attached hydrogen (secondary N) is 3. The van der Waals surface area contributed by atoms with Gasteiger partial charge in [-0.15, -0.1) is 0 Å². The van der Waals surface area contributed by atoms with E-state index >= 15 is 0 Å². The van der Waals surface area contributed by atoms with Crippen molar-refractivity contribution in [3.05, 3.63) is 65.5 Å². The fourth-order valence-electron chi connectivity index (χ4n) is 3.83. The van der Waals surface area contributed by atoms with E-state index in [2.05, 4.69) is 44.7 Å². The number of benzene rings is 2. The average molecular weight is 533 g/mol. The Labute approximate surface area is 231 Å². The van der Waals surface area contributed by atoms with Gasteiger partial charge >= 0.3 is 5.97 Å². The molecule has 0 radical (unpaired) electrons. The Morgan fingerprint density at radius 1 is 0.846 bits per heavy atom. The van der Waals surface area contributed by atoms with Crippen LogP contribution in [0.5, 0.6) is 0 Å². The van der Waals surface area contributed by atoms with Gasteiger partial charge < -0.3 is 20.7 Å². The first kappa shape index (κ1) is 29.5. The minimum absolute atomic E-state index is 0.132. The van der Waals surface area contributed by atoms with Crippen LogP contribution in [0, 0.1) is 12.8 Å². The predicted molar refractivity (Wildman–Crippen MR) is 155 cm³/mol. The van der Waals surface area contributed by atoms with E-state index in [-0.39, 0.29) is 17.4 Å². The van der Waals surface area contributed by atoms with Crippen molar-refractivity contribution in [1.29, 1.82) is 0 Å².